The van der Waals surface area contributed by atoms with E-state index in [-0.39, 0.29) is 24.4 Å². The first-order valence-electron chi connectivity index (χ1n) is 5.98. The highest BCUT2D eigenvalue weighted by atomic mass is 35.5. The molecule has 0 bridgehead atoms. The molecule has 2 aliphatic rings. The molecule has 0 aromatic rings. The van der Waals surface area contributed by atoms with Crippen molar-refractivity contribution in [1.82, 2.24) is 10.2 Å². The molecule has 4 nitrogen and oxygen atoms in total. The molecule has 1 amide bonds. The first-order chi connectivity index (χ1) is 7.38. The summed E-state index contributed by atoms with van der Waals surface area (Å²) in [6.07, 6.45) is 4.34. The van der Waals surface area contributed by atoms with E-state index in [0.29, 0.717) is 6.61 Å². The summed E-state index contributed by atoms with van der Waals surface area (Å²) in [5.41, 5.74) is 0. The van der Waals surface area contributed by atoms with Gasteiger partial charge in [-0.05, 0) is 25.8 Å². The van der Waals surface area contributed by atoms with Crippen LogP contribution in [-0.2, 0) is 9.53 Å². The van der Waals surface area contributed by atoms with Crippen LogP contribution in [0.2, 0.25) is 0 Å². The molecule has 0 aromatic carbocycles. The van der Waals surface area contributed by atoms with Crippen molar-refractivity contribution in [3.63, 3.8) is 0 Å². The minimum atomic E-state index is 0. The fourth-order valence-electron chi connectivity index (χ4n) is 2.25. The van der Waals surface area contributed by atoms with Crippen LogP contribution >= 0.6 is 12.4 Å². The number of rotatable bonds is 1. The predicted molar refractivity (Wildman–Crippen MR) is 64.9 cm³/mol. The zero-order valence-electron chi connectivity index (χ0n) is 9.61. The van der Waals surface area contributed by atoms with Gasteiger partial charge < -0.3 is 15.0 Å². The maximum atomic E-state index is 12.1. The molecule has 2 rings (SSSR count). The Morgan fingerprint density at radius 3 is 2.81 bits per heavy atom. The summed E-state index contributed by atoms with van der Waals surface area (Å²) in [6.45, 7) is 4.09. The van der Waals surface area contributed by atoms with Crippen molar-refractivity contribution in [2.24, 2.45) is 0 Å². The van der Waals surface area contributed by atoms with Gasteiger partial charge in [-0.1, -0.05) is 6.42 Å². The molecule has 1 N–H and O–H groups in total. The Balaban J connectivity index is 0.00000128. The van der Waals surface area contributed by atoms with Crippen LogP contribution in [0.1, 0.15) is 25.7 Å². The van der Waals surface area contributed by atoms with Crippen LogP contribution in [0.3, 0.4) is 0 Å². The number of nitrogens with one attached hydrogen (secondary N) is 1. The fourth-order valence-corrected chi connectivity index (χ4v) is 2.25. The van der Waals surface area contributed by atoms with E-state index in [9.17, 15) is 4.79 Å². The molecule has 1 atom stereocenters. The largest absolute Gasteiger partial charge is 0.380 e. The second-order valence-electron chi connectivity index (χ2n) is 4.29. The summed E-state index contributed by atoms with van der Waals surface area (Å²) in [5, 5.41) is 3.30. The molecule has 0 aromatic heterocycles. The van der Waals surface area contributed by atoms with Crippen molar-refractivity contribution < 1.29 is 9.53 Å². The Hall–Kier alpha value is -0.320. The van der Waals surface area contributed by atoms with Crippen LogP contribution < -0.4 is 5.32 Å². The zero-order chi connectivity index (χ0) is 10.5. The van der Waals surface area contributed by atoms with E-state index in [0.717, 1.165) is 39.1 Å². The Kier molecular flexibility index (Phi) is 6.09. The molecule has 0 saturated carbocycles. The molecule has 94 valence electrons. The number of carbonyl (C=O) groups excluding carboxylic acids is 1. The van der Waals surface area contributed by atoms with Crippen LogP contribution in [0, 0.1) is 0 Å². The van der Waals surface area contributed by atoms with E-state index in [1.165, 1.54) is 12.8 Å². The lowest BCUT2D eigenvalue weighted by Gasteiger charge is -2.28. The van der Waals surface area contributed by atoms with Gasteiger partial charge in [-0.2, -0.15) is 0 Å². The third-order valence-electron chi connectivity index (χ3n) is 3.14. The summed E-state index contributed by atoms with van der Waals surface area (Å²) in [5.74, 6) is 0.278. The van der Waals surface area contributed by atoms with Crippen LogP contribution in [-0.4, -0.2) is 49.7 Å². The van der Waals surface area contributed by atoms with Crippen LogP contribution in [0.25, 0.3) is 0 Å². The molecule has 2 fully saturated rings. The lowest BCUT2D eigenvalue weighted by atomic mass is 10.0. The number of carbonyl (C=O) groups is 1. The topological polar surface area (TPSA) is 41.6 Å². The third-order valence-corrected chi connectivity index (χ3v) is 3.14. The molecule has 2 heterocycles. The molecule has 2 saturated heterocycles. The molecular weight excluding hydrogens is 228 g/mol. The standard InChI is InChI=1S/C11H20N2O2.ClH/c14-11(10-4-1-2-5-12-10)13-6-3-8-15-9-7-13;/h10,12H,1-9H2;1H/t10-;/m1./s1. The third kappa shape index (κ3) is 3.61. The van der Waals surface area contributed by atoms with Crippen molar-refractivity contribution in [3.8, 4) is 0 Å². The molecule has 0 radical (unpaired) electrons. The molecule has 5 heteroatoms. The van der Waals surface area contributed by atoms with E-state index in [2.05, 4.69) is 5.32 Å². The minimum Gasteiger partial charge on any atom is -0.380 e. The summed E-state index contributed by atoms with van der Waals surface area (Å²) in [6, 6.07) is 0.0665. The van der Waals surface area contributed by atoms with Gasteiger partial charge in [0.1, 0.15) is 0 Å². The Bertz CT molecular complexity index is 212. The average Bonchev–Trinajstić information content (AvgIpc) is 2.58. The van der Waals surface area contributed by atoms with Gasteiger partial charge in [-0.15, -0.1) is 12.4 Å². The van der Waals surface area contributed by atoms with Gasteiger partial charge in [0.05, 0.1) is 12.6 Å². The molecule has 0 aliphatic carbocycles. The minimum absolute atomic E-state index is 0. The molecule has 0 spiro atoms. The van der Waals surface area contributed by atoms with Gasteiger partial charge in [0.25, 0.3) is 0 Å². The number of ether oxygens (including phenoxy) is 1. The smallest absolute Gasteiger partial charge is 0.239 e. The van der Waals surface area contributed by atoms with Crippen molar-refractivity contribution in [2.75, 3.05) is 32.8 Å². The number of halogens is 1. The first kappa shape index (κ1) is 13.7. The maximum Gasteiger partial charge on any atom is 0.239 e. The van der Waals surface area contributed by atoms with Crippen LogP contribution in [0.5, 0.6) is 0 Å². The SMILES string of the molecule is Cl.O=C([C@H]1CCCCN1)N1CCCOCC1. The second kappa shape index (κ2) is 7.09. The van der Waals surface area contributed by atoms with Gasteiger partial charge in [0, 0.05) is 19.7 Å². The fraction of sp³-hybridized carbons (Fsp3) is 0.909. The second-order valence-corrected chi connectivity index (χ2v) is 4.29. The van der Waals surface area contributed by atoms with Gasteiger partial charge in [-0.25, -0.2) is 0 Å². The summed E-state index contributed by atoms with van der Waals surface area (Å²) >= 11 is 0. The van der Waals surface area contributed by atoms with E-state index in [1.807, 2.05) is 4.90 Å². The van der Waals surface area contributed by atoms with E-state index < -0.39 is 0 Å². The summed E-state index contributed by atoms with van der Waals surface area (Å²) in [4.78, 5) is 14.1. The molecule has 16 heavy (non-hydrogen) atoms. The van der Waals surface area contributed by atoms with Gasteiger partial charge in [-0.3, -0.25) is 4.79 Å². The number of nitrogens with zero attached hydrogens (tertiary/aromatic N) is 1. The van der Waals surface area contributed by atoms with Crippen molar-refractivity contribution in [3.05, 3.63) is 0 Å². The lowest BCUT2D eigenvalue weighted by Crippen LogP contribution is -2.49. The maximum absolute atomic E-state index is 12.1. The van der Waals surface area contributed by atoms with E-state index in [1.54, 1.807) is 0 Å². The Labute approximate surface area is 103 Å². The number of amides is 1. The van der Waals surface area contributed by atoms with E-state index in [4.69, 9.17) is 4.74 Å². The van der Waals surface area contributed by atoms with Crippen molar-refractivity contribution >= 4 is 18.3 Å². The summed E-state index contributed by atoms with van der Waals surface area (Å²) in [7, 11) is 0. The number of piperidine rings is 1. The Morgan fingerprint density at radius 1 is 1.19 bits per heavy atom. The van der Waals surface area contributed by atoms with Gasteiger partial charge in [0.15, 0.2) is 0 Å². The van der Waals surface area contributed by atoms with Crippen molar-refractivity contribution in [1.29, 1.82) is 0 Å². The first-order valence-corrected chi connectivity index (χ1v) is 5.98. The predicted octanol–water partition coefficient (Wildman–Crippen LogP) is 0.799. The molecular formula is C11H21ClN2O2. The summed E-state index contributed by atoms with van der Waals surface area (Å²) < 4.78 is 5.35. The molecule has 0 unspecified atom stereocenters. The highest BCUT2D eigenvalue weighted by Crippen LogP contribution is 2.11. The average molecular weight is 249 g/mol. The van der Waals surface area contributed by atoms with E-state index >= 15 is 0 Å². The van der Waals surface area contributed by atoms with Gasteiger partial charge >= 0.3 is 0 Å². The quantitative estimate of drug-likeness (QED) is 0.747. The molecule has 2 aliphatic heterocycles. The number of hydrogen-bond donors (Lipinski definition) is 1. The highest BCUT2D eigenvalue weighted by Gasteiger charge is 2.25. The van der Waals surface area contributed by atoms with Gasteiger partial charge in [0.2, 0.25) is 5.91 Å². The monoisotopic (exact) mass is 248 g/mol. The lowest BCUT2D eigenvalue weighted by molar-refractivity contribution is -0.134. The normalized spacial score (nSPS) is 26.8. The van der Waals surface area contributed by atoms with Crippen LogP contribution in [0.15, 0.2) is 0 Å². The Morgan fingerprint density at radius 2 is 2.06 bits per heavy atom. The number of hydrogen-bond acceptors (Lipinski definition) is 3. The van der Waals surface area contributed by atoms with Crippen molar-refractivity contribution in [2.45, 2.75) is 31.7 Å². The zero-order valence-corrected chi connectivity index (χ0v) is 10.4. The highest BCUT2D eigenvalue weighted by molar-refractivity contribution is 5.85. The van der Waals surface area contributed by atoms with Crippen LogP contribution in [0.4, 0.5) is 0 Å².